The Hall–Kier alpha value is -0.723. The van der Waals surface area contributed by atoms with Crippen molar-refractivity contribution in [2.24, 2.45) is 11.8 Å². The molecule has 2 fully saturated rings. The van der Waals surface area contributed by atoms with Crippen LogP contribution in [-0.4, -0.2) is 44.9 Å². The van der Waals surface area contributed by atoms with E-state index in [1.54, 1.807) is 0 Å². The highest BCUT2D eigenvalue weighted by atomic mass is 28.4. The Balaban J connectivity index is 2.03. The number of nitrogens with one attached hydrogen (secondary N) is 1. The number of Topliss-reactive ketones (excluding diaryl/α,β-unsaturated/α-hetero) is 1. The maximum Gasteiger partial charge on any atom is 0.228 e. The molecule has 1 unspecified atom stereocenters. The van der Waals surface area contributed by atoms with Crippen molar-refractivity contribution in [2.45, 2.75) is 83.8 Å². The second kappa shape index (κ2) is 6.88. The highest BCUT2D eigenvalue weighted by molar-refractivity contribution is 6.74. The van der Waals surface area contributed by atoms with Crippen molar-refractivity contribution in [3.8, 4) is 0 Å². The maximum absolute atomic E-state index is 12.6. The van der Waals surface area contributed by atoms with Gasteiger partial charge in [0.05, 0.1) is 18.1 Å². The van der Waals surface area contributed by atoms with Crippen LogP contribution in [0.15, 0.2) is 0 Å². The number of carbonyl (C=O) groups is 2. The Morgan fingerprint density at radius 3 is 2.42 bits per heavy atom. The van der Waals surface area contributed by atoms with Gasteiger partial charge in [0, 0.05) is 12.5 Å². The Morgan fingerprint density at radius 1 is 1.33 bits per heavy atom. The zero-order chi connectivity index (χ0) is 18.3. The summed E-state index contributed by atoms with van der Waals surface area (Å²) in [5.74, 6) is -0.374. The van der Waals surface area contributed by atoms with Gasteiger partial charge in [0.25, 0.3) is 0 Å². The van der Waals surface area contributed by atoms with E-state index < -0.39 is 8.32 Å². The molecule has 0 radical (unpaired) electrons. The summed E-state index contributed by atoms with van der Waals surface area (Å²) < 4.78 is 11.9. The van der Waals surface area contributed by atoms with Gasteiger partial charge in [0.2, 0.25) is 5.91 Å². The van der Waals surface area contributed by atoms with E-state index in [2.05, 4.69) is 39.2 Å². The van der Waals surface area contributed by atoms with Gasteiger partial charge in [0.15, 0.2) is 14.1 Å². The number of carbonyl (C=O) groups excluding carboxylic acids is 2. The molecule has 0 aromatic rings. The van der Waals surface area contributed by atoms with Crippen LogP contribution in [0.25, 0.3) is 0 Å². The van der Waals surface area contributed by atoms with E-state index in [4.69, 9.17) is 9.16 Å². The summed E-state index contributed by atoms with van der Waals surface area (Å²) >= 11 is 0. The molecule has 0 aliphatic carbocycles. The molecule has 0 saturated carbocycles. The zero-order valence-corrected chi connectivity index (χ0v) is 17.1. The summed E-state index contributed by atoms with van der Waals surface area (Å²) in [6.07, 6.45) is 1.26. The molecule has 0 bridgehead atoms. The summed E-state index contributed by atoms with van der Waals surface area (Å²) in [6.45, 7) is 15.5. The minimum Gasteiger partial charge on any atom is -0.413 e. The largest absolute Gasteiger partial charge is 0.413 e. The number of hydrogen-bond donors (Lipinski definition) is 1. The fourth-order valence-corrected chi connectivity index (χ4v) is 4.77. The van der Waals surface area contributed by atoms with Gasteiger partial charge in [-0.2, -0.15) is 0 Å². The predicted molar refractivity (Wildman–Crippen MR) is 96.3 cm³/mol. The van der Waals surface area contributed by atoms with E-state index in [-0.39, 0.29) is 46.8 Å². The van der Waals surface area contributed by atoms with Gasteiger partial charge in [0.1, 0.15) is 6.10 Å². The maximum atomic E-state index is 12.6. The molecule has 2 heterocycles. The quantitative estimate of drug-likeness (QED) is 0.588. The number of hydrogen-bond acceptors (Lipinski definition) is 4. The molecule has 0 spiro atoms. The molecule has 2 rings (SSSR count). The highest BCUT2D eigenvalue weighted by Crippen LogP contribution is 2.39. The normalized spacial score (nSPS) is 30.5. The first-order valence-electron chi connectivity index (χ1n) is 9.09. The fourth-order valence-electron chi connectivity index (χ4n) is 3.35. The molecular formula is C18H33NO4Si. The van der Waals surface area contributed by atoms with Crippen molar-refractivity contribution in [1.82, 2.24) is 5.32 Å². The van der Waals surface area contributed by atoms with E-state index in [1.807, 2.05) is 13.8 Å². The van der Waals surface area contributed by atoms with E-state index in [1.165, 1.54) is 0 Å². The van der Waals surface area contributed by atoms with E-state index in [0.717, 1.165) is 12.8 Å². The molecule has 5 atom stereocenters. The molecule has 0 aromatic carbocycles. The number of ketones is 1. The summed E-state index contributed by atoms with van der Waals surface area (Å²) in [4.78, 5) is 24.7. The van der Waals surface area contributed by atoms with Crippen molar-refractivity contribution in [3.05, 3.63) is 0 Å². The molecular weight excluding hydrogens is 322 g/mol. The fraction of sp³-hybridized carbons (Fsp3) is 0.889. The van der Waals surface area contributed by atoms with Crippen molar-refractivity contribution in [1.29, 1.82) is 0 Å². The topological polar surface area (TPSA) is 64.6 Å². The van der Waals surface area contributed by atoms with Crippen LogP contribution < -0.4 is 5.32 Å². The standard InChI is InChI=1S/C18H33NO4Si/c1-11(16(20)13-9-8-10-22-13)15-14(17(21)19-15)12(2)23-24(6,7)18(3,4)5/h11-15H,8-10H2,1-7H3,(H,19,21)/t11-,12-,13?,14-,15-/m1/s1. The van der Waals surface area contributed by atoms with Gasteiger partial charge in [-0.3, -0.25) is 9.59 Å². The first kappa shape index (κ1) is 19.6. The number of rotatable bonds is 6. The third kappa shape index (κ3) is 3.75. The minimum absolute atomic E-state index is 0.00167. The molecule has 6 heteroatoms. The summed E-state index contributed by atoms with van der Waals surface area (Å²) in [5, 5.41) is 3.02. The monoisotopic (exact) mass is 355 g/mol. The number of amides is 1. The smallest absolute Gasteiger partial charge is 0.228 e. The van der Waals surface area contributed by atoms with Crippen LogP contribution in [0.1, 0.15) is 47.5 Å². The third-order valence-electron chi connectivity index (χ3n) is 6.03. The molecule has 2 aliphatic rings. The number of ether oxygens (including phenoxy) is 1. The SMILES string of the molecule is C[C@@H](O[Si](C)(C)C(C)(C)C)[C@H]1C(=O)N[C@@H]1[C@@H](C)C(=O)C1CCCO1. The summed E-state index contributed by atoms with van der Waals surface area (Å²) in [5.41, 5.74) is 0. The molecule has 1 amide bonds. The van der Waals surface area contributed by atoms with Gasteiger partial charge < -0.3 is 14.5 Å². The Morgan fingerprint density at radius 2 is 1.96 bits per heavy atom. The lowest BCUT2D eigenvalue weighted by Crippen LogP contribution is -2.67. The summed E-state index contributed by atoms with van der Waals surface area (Å²) in [7, 11) is -1.95. The molecule has 5 nitrogen and oxygen atoms in total. The van der Waals surface area contributed by atoms with Crippen molar-refractivity contribution >= 4 is 20.0 Å². The van der Waals surface area contributed by atoms with Crippen molar-refractivity contribution < 1.29 is 18.8 Å². The van der Waals surface area contributed by atoms with Crippen LogP contribution in [0.3, 0.4) is 0 Å². The Kier molecular flexibility index (Phi) is 5.62. The summed E-state index contributed by atoms with van der Waals surface area (Å²) in [6, 6.07) is -0.144. The highest BCUT2D eigenvalue weighted by Gasteiger charge is 2.51. The van der Waals surface area contributed by atoms with Gasteiger partial charge in [-0.1, -0.05) is 27.7 Å². The van der Waals surface area contributed by atoms with Gasteiger partial charge >= 0.3 is 0 Å². The first-order valence-corrected chi connectivity index (χ1v) is 12.0. The second-order valence-electron chi connectivity index (χ2n) is 8.84. The Labute approximate surface area is 147 Å². The van der Waals surface area contributed by atoms with Crippen LogP contribution in [0.4, 0.5) is 0 Å². The van der Waals surface area contributed by atoms with Crippen LogP contribution in [0.5, 0.6) is 0 Å². The lowest BCUT2D eigenvalue weighted by molar-refractivity contribution is -0.146. The molecule has 138 valence electrons. The zero-order valence-electron chi connectivity index (χ0n) is 16.1. The number of β-lactam (4-membered cyclic amide) rings is 1. The molecule has 1 N–H and O–H groups in total. The first-order chi connectivity index (χ1) is 11.0. The van der Waals surface area contributed by atoms with Crippen LogP contribution in [-0.2, 0) is 18.8 Å². The predicted octanol–water partition coefficient (Wildman–Crippen LogP) is 2.90. The second-order valence-corrected chi connectivity index (χ2v) is 13.6. The Bertz CT molecular complexity index is 494. The van der Waals surface area contributed by atoms with Gasteiger partial charge in [-0.05, 0) is 37.9 Å². The molecule has 2 aliphatic heterocycles. The van der Waals surface area contributed by atoms with Crippen LogP contribution in [0, 0.1) is 11.8 Å². The molecule has 0 aromatic heterocycles. The van der Waals surface area contributed by atoms with Gasteiger partial charge in [-0.25, -0.2) is 0 Å². The lowest BCUT2D eigenvalue weighted by Gasteiger charge is -2.47. The molecule has 2 saturated heterocycles. The van der Waals surface area contributed by atoms with Crippen LogP contribution >= 0.6 is 0 Å². The van der Waals surface area contributed by atoms with E-state index in [0.29, 0.717) is 6.61 Å². The van der Waals surface area contributed by atoms with E-state index >= 15 is 0 Å². The van der Waals surface area contributed by atoms with Gasteiger partial charge in [-0.15, -0.1) is 0 Å². The van der Waals surface area contributed by atoms with Crippen LogP contribution in [0.2, 0.25) is 18.1 Å². The average molecular weight is 356 g/mol. The van der Waals surface area contributed by atoms with E-state index in [9.17, 15) is 9.59 Å². The average Bonchev–Trinajstić information content (AvgIpc) is 2.95. The third-order valence-corrected chi connectivity index (χ3v) is 10.6. The molecule has 24 heavy (non-hydrogen) atoms. The van der Waals surface area contributed by atoms with Crippen molar-refractivity contribution in [3.63, 3.8) is 0 Å². The van der Waals surface area contributed by atoms with Crippen molar-refractivity contribution in [2.75, 3.05) is 6.61 Å². The minimum atomic E-state index is -1.95. The lowest BCUT2D eigenvalue weighted by atomic mass is 9.76.